The molecule has 6 nitrogen and oxygen atoms in total. The third-order valence-corrected chi connectivity index (χ3v) is 3.94. The molecular formula is C22H26N4O2. The van der Waals surface area contributed by atoms with Crippen molar-refractivity contribution < 1.29 is 9.15 Å². The van der Waals surface area contributed by atoms with E-state index in [2.05, 4.69) is 20.6 Å². The van der Waals surface area contributed by atoms with E-state index in [1.165, 1.54) is 0 Å². The number of benzene rings is 2. The summed E-state index contributed by atoms with van der Waals surface area (Å²) in [5, 5.41) is 6.56. The fraction of sp³-hybridized carbons (Fsp3) is 0.273. The molecule has 146 valence electrons. The van der Waals surface area contributed by atoms with Gasteiger partial charge in [0.25, 0.3) is 0 Å². The summed E-state index contributed by atoms with van der Waals surface area (Å²) in [6.07, 6.45) is 2.53. The second-order valence-corrected chi connectivity index (χ2v) is 6.15. The molecule has 1 heterocycles. The number of aliphatic imine (C=N–C) groups is 1. The van der Waals surface area contributed by atoms with Gasteiger partial charge in [-0.25, -0.2) is 9.98 Å². The van der Waals surface area contributed by atoms with E-state index in [4.69, 9.17) is 9.15 Å². The predicted octanol–water partition coefficient (Wildman–Crippen LogP) is 3.87. The maximum atomic E-state index is 5.70. The van der Waals surface area contributed by atoms with Crippen LogP contribution in [0.4, 0.5) is 0 Å². The normalized spacial score (nSPS) is 11.2. The summed E-state index contributed by atoms with van der Waals surface area (Å²) in [4.78, 5) is 9.08. The average Bonchev–Trinajstić information content (AvgIpc) is 3.22. The van der Waals surface area contributed by atoms with E-state index in [0.717, 1.165) is 42.5 Å². The van der Waals surface area contributed by atoms with Crippen molar-refractivity contribution in [3.63, 3.8) is 0 Å². The van der Waals surface area contributed by atoms with Crippen molar-refractivity contribution in [1.29, 1.82) is 0 Å². The zero-order valence-electron chi connectivity index (χ0n) is 16.1. The average molecular weight is 378 g/mol. The second-order valence-electron chi connectivity index (χ2n) is 6.15. The van der Waals surface area contributed by atoms with Crippen LogP contribution in [-0.2, 0) is 6.54 Å². The lowest BCUT2D eigenvalue weighted by atomic mass is 10.2. The van der Waals surface area contributed by atoms with E-state index in [0.29, 0.717) is 19.0 Å². The second kappa shape index (κ2) is 10.8. The minimum Gasteiger partial charge on any atom is -0.494 e. The van der Waals surface area contributed by atoms with Gasteiger partial charge in [-0.2, -0.15) is 0 Å². The van der Waals surface area contributed by atoms with Crippen LogP contribution in [0.25, 0.3) is 11.5 Å². The lowest BCUT2D eigenvalue weighted by Gasteiger charge is -2.11. The fourth-order valence-electron chi connectivity index (χ4n) is 2.58. The molecule has 0 amide bonds. The van der Waals surface area contributed by atoms with Gasteiger partial charge in [-0.3, -0.25) is 0 Å². The van der Waals surface area contributed by atoms with Gasteiger partial charge in [0.1, 0.15) is 17.7 Å². The largest absolute Gasteiger partial charge is 0.494 e. The van der Waals surface area contributed by atoms with E-state index in [-0.39, 0.29) is 0 Å². The number of para-hydroxylation sites is 1. The third kappa shape index (κ3) is 6.16. The van der Waals surface area contributed by atoms with Gasteiger partial charge >= 0.3 is 0 Å². The van der Waals surface area contributed by atoms with E-state index < -0.39 is 0 Å². The van der Waals surface area contributed by atoms with Gasteiger partial charge < -0.3 is 19.8 Å². The zero-order valence-corrected chi connectivity index (χ0v) is 16.1. The number of guanidine groups is 1. The molecule has 0 aliphatic carbocycles. The number of hydrogen-bond donors (Lipinski definition) is 2. The monoisotopic (exact) mass is 378 g/mol. The summed E-state index contributed by atoms with van der Waals surface area (Å²) < 4.78 is 11.3. The van der Waals surface area contributed by atoms with Crippen LogP contribution in [-0.4, -0.2) is 30.6 Å². The van der Waals surface area contributed by atoms with Crippen LogP contribution >= 0.6 is 0 Å². The number of oxazole rings is 1. The van der Waals surface area contributed by atoms with Crippen molar-refractivity contribution >= 4 is 5.96 Å². The van der Waals surface area contributed by atoms with Gasteiger partial charge in [0.05, 0.1) is 13.2 Å². The smallest absolute Gasteiger partial charge is 0.226 e. The molecule has 0 bridgehead atoms. The minimum atomic E-state index is 0.451. The van der Waals surface area contributed by atoms with Crippen LogP contribution in [0.5, 0.6) is 5.75 Å². The van der Waals surface area contributed by atoms with Crippen LogP contribution in [0.3, 0.4) is 0 Å². The first-order chi connectivity index (χ1) is 13.8. The molecule has 0 saturated carbocycles. The Morgan fingerprint density at radius 2 is 1.79 bits per heavy atom. The van der Waals surface area contributed by atoms with Crippen LogP contribution in [0.2, 0.25) is 0 Å². The highest BCUT2D eigenvalue weighted by Crippen LogP contribution is 2.18. The van der Waals surface area contributed by atoms with Crippen LogP contribution in [0, 0.1) is 0 Å². The molecule has 6 heteroatoms. The topological polar surface area (TPSA) is 71.7 Å². The first-order valence-electron chi connectivity index (χ1n) is 9.55. The van der Waals surface area contributed by atoms with E-state index in [1.807, 2.05) is 67.6 Å². The highest BCUT2D eigenvalue weighted by atomic mass is 16.5. The molecule has 0 aliphatic rings. The summed E-state index contributed by atoms with van der Waals surface area (Å²) in [5.74, 6) is 2.26. The van der Waals surface area contributed by atoms with Crippen molar-refractivity contribution in [2.45, 2.75) is 19.9 Å². The van der Waals surface area contributed by atoms with Crippen molar-refractivity contribution in [3.8, 4) is 17.2 Å². The Morgan fingerprint density at radius 3 is 2.54 bits per heavy atom. The standard InChI is InChI=1S/C22H26N4O2/c1-2-23-22(24-14-9-15-27-20-12-7-4-8-13-20)25-16-19-17-28-21(26-19)18-10-5-3-6-11-18/h3-8,10-13,17H,2,9,14-16H2,1H3,(H2,23,24,25). The van der Waals surface area contributed by atoms with Gasteiger partial charge in [0.15, 0.2) is 5.96 Å². The van der Waals surface area contributed by atoms with E-state index in [1.54, 1.807) is 6.26 Å². The molecule has 0 saturated heterocycles. The first kappa shape index (κ1) is 19.5. The summed E-state index contributed by atoms with van der Waals surface area (Å²) in [7, 11) is 0. The Kier molecular flexibility index (Phi) is 7.49. The molecule has 0 spiro atoms. The minimum absolute atomic E-state index is 0.451. The molecule has 0 fully saturated rings. The Balaban J connectivity index is 1.45. The number of nitrogens with zero attached hydrogens (tertiary/aromatic N) is 2. The molecular weight excluding hydrogens is 352 g/mol. The number of ether oxygens (including phenoxy) is 1. The molecule has 3 aromatic rings. The molecule has 1 aromatic heterocycles. The third-order valence-electron chi connectivity index (χ3n) is 3.94. The van der Waals surface area contributed by atoms with Crippen LogP contribution in [0.1, 0.15) is 19.0 Å². The lowest BCUT2D eigenvalue weighted by molar-refractivity contribution is 0.311. The summed E-state index contributed by atoms with van der Waals surface area (Å²) in [5.41, 5.74) is 1.75. The SMILES string of the molecule is CCNC(=NCc1coc(-c2ccccc2)n1)NCCCOc1ccccc1. The summed E-state index contributed by atoms with van der Waals surface area (Å²) >= 11 is 0. The highest BCUT2D eigenvalue weighted by Gasteiger charge is 2.06. The maximum Gasteiger partial charge on any atom is 0.226 e. The number of hydrogen-bond acceptors (Lipinski definition) is 4. The molecule has 28 heavy (non-hydrogen) atoms. The Morgan fingerprint density at radius 1 is 1.04 bits per heavy atom. The molecule has 3 rings (SSSR count). The van der Waals surface area contributed by atoms with Gasteiger partial charge in [-0.05, 0) is 37.6 Å². The summed E-state index contributed by atoms with van der Waals surface area (Å²) in [6, 6.07) is 19.7. The Labute approximate surface area is 165 Å². The fourth-order valence-corrected chi connectivity index (χ4v) is 2.58. The molecule has 0 radical (unpaired) electrons. The lowest BCUT2D eigenvalue weighted by Crippen LogP contribution is -2.38. The molecule has 0 aliphatic heterocycles. The molecule has 2 N–H and O–H groups in total. The maximum absolute atomic E-state index is 5.70. The quantitative estimate of drug-likeness (QED) is 0.336. The van der Waals surface area contributed by atoms with Crippen molar-refractivity contribution in [2.75, 3.05) is 19.7 Å². The van der Waals surface area contributed by atoms with Gasteiger partial charge in [0, 0.05) is 18.7 Å². The zero-order chi connectivity index (χ0) is 19.4. The van der Waals surface area contributed by atoms with Crippen molar-refractivity contribution in [3.05, 3.63) is 72.6 Å². The number of aromatic nitrogens is 1. The van der Waals surface area contributed by atoms with E-state index >= 15 is 0 Å². The molecule has 0 atom stereocenters. The van der Waals surface area contributed by atoms with Gasteiger partial charge in [-0.15, -0.1) is 0 Å². The van der Waals surface area contributed by atoms with Crippen molar-refractivity contribution in [2.24, 2.45) is 4.99 Å². The van der Waals surface area contributed by atoms with Gasteiger partial charge in [-0.1, -0.05) is 36.4 Å². The predicted molar refractivity (Wildman–Crippen MR) is 111 cm³/mol. The van der Waals surface area contributed by atoms with Crippen LogP contribution in [0.15, 0.2) is 76.3 Å². The number of nitrogens with one attached hydrogen (secondary N) is 2. The van der Waals surface area contributed by atoms with Crippen molar-refractivity contribution in [1.82, 2.24) is 15.6 Å². The summed E-state index contributed by atoms with van der Waals surface area (Å²) in [6.45, 7) is 4.71. The highest BCUT2D eigenvalue weighted by molar-refractivity contribution is 5.79. The van der Waals surface area contributed by atoms with Gasteiger partial charge in [0.2, 0.25) is 5.89 Å². The molecule has 0 unspecified atom stereocenters. The number of rotatable bonds is 9. The first-order valence-corrected chi connectivity index (χ1v) is 9.55. The Bertz CT molecular complexity index is 847. The Hall–Kier alpha value is -3.28. The van der Waals surface area contributed by atoms with Crippen LogP contribution < -0.4 is 15.4 Å². The molecule has 2 aromatic carbocycles. The van der Waals surface area contributed by atoms with E-state index in [9.17, 15) is 0 Å².